The van der Waals surface area contributed by atoms with Gasteiger partial charge in [-0.1, -0.05) is 65.4 Å². The van der Waals surface area contributed by atoms with Gasteiger partial charge in [-0.3, -0.25) is 9.36 Å². The number of carboxylic acid groups (broad SMARTS) is 1. The van der Waals surface area contributed by atoms with Crippen molar-refractivity contribution in [1.29, 1.82) is 0 Å². The first kappa shape index (κ1) is 27.8. The number of ether oxygens (including phenoxy) is 2. The molecule has 0 radical (unpaired) electrons. The van der Waals surface area contributed by atoms with Crippen molar-refractivity contribution in [3.63, 3.8) is 0 Å². The first-order valence-electron chi connectivity index (χ1n) is 13.1. The smallest absolute Gasteiger partial charge is 0.338 e. The molecule has 0 amide bonds. The van der Waals surface area contributed by atoms with E-state index in [1.807, 2.05) is 55.5 Å². The molecule has 1 aliphatic rings. The van der Waals surface area contributed by atoms with Gasteiger partial charge in [0.2, 0.25) is 0 Å². The highest BCUT2D eigenvalue weighted by molar-refractivity contribution is 7.07. The molecular weight excluding hydrogens is 540 g/mol. The van der Waals surface area contributed by atoms with Crippen molar-refractivity contribution in [3.8, 4) is 5.75 Å². The monoisotopic (exact) mass is 568 g/mol. The maximum atomic E-state index is 13.7. The van der Waals surface area contributed by atoms with E-state index in [1.54, 1.807) is 48.8 Å². The van der Waals surface area contributed by atoms with Gasteiger partial charge in [0.05, 0.1) is 34.0 Å². The number of nitrogens with zero attached hydrogens (tertiary/aromatic N) is 2. The number of aryl methyl sites for hydroxylation is 1. The van der Waals surface area contributed by atoms with Gasteiger partial charge in [-0.15, -0.1) is 0 Å². The highest BCUT2D eigenvalue weighted by atomic mass is 32.1. The van der Waals surface area contributed by atoms with Crippen molar-refractivity contribution >= 4 is 29.4 Å². The van der Waals surface area contributed by atoms with Crippen LogP contribution >= 0.6 is 11.3 Å². The molecule has 5 rings (SSSR count). The van der Waals surface area contributed by atoms with Gasteiger partial charge in [-0.25, -0.2) is 14.6 Å². The normalized spacial score (nSPS) is 14.8. The number of hydrogen-bond acceptors (Lipinski definition) is 7. The Bertz CT molecular complexity index is 1820. The van der Waals surface area contributed by atoms with Crippen molar-refractivity contribution in [2.45, 2.75) is 33.4 Å². The topological polar surface area (TPSA) is 107 Å². The zero-order chi connectivity index (χ0) is 29.1. The number of aromatic nitrogens is 1. The summed E-state index contributed by atoms with van der Waals surface area (Å²) in [5, 5.41) is 9.04. The number of esters is 1. The van der Waals surface area contributed by atoms with Crippen molar-refractivity contribution in [1.82, 2.24) is 4.57 Å². The summed E-state index contributed by atoms with van der Waals surface area (Å²) in [5.41, 5.74) is 4.40. The van der Waals surface area contributed by atoms with Crippen molar-refractivity contribution in [2.75, 3.05) is 6.61 Å². The van der Waals surface area contributed by atoms with Gasteiger partial charge in [0.15, 0.2) is 4.80 Å². The molecule has 0 aliphatic carbocycles. The number of hydrogen-bond donors (Lipinski definition) is 1. The third-order valence-electron chi connectivity index (χ3n) is 6.69. The molecule has 0 spiro atoms. The molecule has 1 N–H and O–H groups in total. The number of benzene rings is 3. The number of aromatic carboxylic acids is 1. The molecule has 3 aromatic carbocycles. The second kappa shape index (κ2) is 11.8. The minimum absolute atomic E-state index is 0.220. The quantitative estimate of drug-likeness (QED) is 0.316. The minimum Gasteiger partial charge on any atom is -0.489 e. The summed E-state index contributed by atoms with van der Waals surface area (Å²) in [6.07, 6.45) is 1.80. The van der Waals surface area contributed by atoms with E-state index in [4.69, 9.17) is 14.6 Å². The van der Waals surface area contributed by atoms with Crippen LogP contribution in [0.25, 0.3) is 6.08 Å². The van der Waals surface area contributed by atoms with Crippen molar-refractivity contribution in [3.05, 3.63) is 132 Å². The molecule has 0 saturated heterocycles. The van der Waals surface area contributed by atoms with Crippen LogP contribution in [0.5, 0.6) is 5.75 Å². The molecule has 0 fully saturated rings. The van der Waals surface area contributed by atoms with E-state index in [2.05, 4.69) is 4.99 Å². The highest BCUT2D eigenvalue weighted by Crippen LogP contribution is 2.30. The standard InChI is InChI=1S/C32H28N2O6S/c1-4-39-31(38)27-20(3)33-32-34(28(27)23-11-5-19(2)6-12-23)29(35)26(41-32)17-21-9-15-25(16-10-21)40-18-22-7-13-24(14-8-22)30(36)37/h5-17,28H,4,18H2,1-3H3,(H,36,37)/b26-17+/t28-/m1/s1. The maximum Gasteiger partial charge on any atom is 0.338 e. The maximum absolute atomic E-state index is 13.7. The van der Waals surface area contributed by atoms with E-state index in [-0.39, 0.29) is 17.7 Å². The molecule has 2 heterocycles. The second-order valence-electron chi connectivity index (χ2n) is 9.57. The van der Waals surface area contributed by atoms with E-state index in [0.717, 1.165) is 22.3 Å². The van der Waals surface area contributed by atoms with Crippen molar-refractivity contribution in [2.24, 2.45) is 4.99 Å². The van der Waals surface area contributed by atoms with Gasteiger partial charge in [-0.05, 0) is 67.8 Å². The summed E-state index contributed by atoms with van der Waals surface area (Å²) in [5.74, 6) is -0.817. The lowest BCUT2D eigenvalue weighted by molar-refractivity contribution is -0.139. The highest BCUT2D eigenvalue weighted by Gasteiger charge is 2.33. The van der Waals surface area contributed by atoms with Crippen LogP contribution in [-0.2, 0) is 16.1 Å². The summed E-state index contributed by atoms with van der Waals surface area (Å²) in [7, 11) is 0. The van der Waals surface area contributed by atoms with E-state index in [1.165, 1.54) is 11.3 Å². The lowest BCUT2D eigenvalue weighted by atomic mass is 9.95. The molecule has 0 unspecified atom stereocenters. The minimum atomic E-state index is -0.972. The lowest BCUT2D eigenvalue weighted by Crippen LogP contribution is -2.39. The van der Waals surface area contributed by atoms with Gasteiger partial charge in [0.25, 0.3) is 5.56 Å². The number of rotatable bonds is 8. The van der Waals surface area contributed by atoms with Crippen LogP contribution in [0.3, 0.4) is 0 Å². The average molecular weight is 569 g/mol. The van der Waals surface area contributed by atoms with Gasteiger partial charge in [0, 0.05) is 0 Å². The number of allylic oxidation sites excluding steroid dienone is 1. The van der Waals surface area contributed by atoms with Crippen LogP contribution in [0.1, 0.15) is 52.5 Å². The van der Waals surface area contributed by atoms with Crippen LogP contribution in [0.4, 0.5) is 0 Å². The Morgan fingerprint density at radius 3 is 2.32 bits per heavy atom. The Hall–Kier alpha value is -4.76. The molecule has 0 saturated carbocycles. The summed E-state index contributed by atoms with van der Waals surface area (Å²) in [4.78, 5) is 42.9. The zero-order valence-corrected chi connectivity index (χ0v) is 23.6. The number of thiazole rings is 1. The van der Waals surface area contributed by atoms with Gasteiger partial charge in [0.1, 0.15) is 12.4 Å². The fourth-order valence-electron chi connectivity index (χ4n) is 4.58. The summed E-state index contributed by atoms with van der Waals surface area (Å²) in [6.45, 7) is 6.01. The Kier molecular flexibility index (Phi) is 7.98. The third-order valence-corrected chi connectivity index (χ3v) is 7.68. The predicted octanol–water partition coefficient (Wildman–Crippen LogP) is 4.38. The molecule has 0 bridgehead atoms. The van der Waals surface area contributed by atoms with E-state index in [9.17, 15) is 14.4 Å². The Morgan fingerprint density at radius 2 is 1.68 bits per heavy atom. The Labute approximate surface area is 240 Å². The Morgan fingerprint density at radius 1 is 1.00 bits per heavy atom. The fourth-order valence-corrected chi connectivity index (χ4v) is 5.62. The molecule has 41 heavy (non-hydrogen) atoms. The van der Waals surface area contributed by atoms with Crippen LogP contribution in [0.15, 0.2) is 93.9 Å². The molecule has 1 aliphatic heterocycles. The molecule has 1 aromatic heterocycles. The fraction of sp³-hybridized carbons (Fsp3) is 0.188. The number of carbonyl (C=O) groups excluding carboxylic acids is 1. The number of carbonyl (C=O) groups is 2. The number of carboxylic acids is 1. The molecule has 208 valence electrons. The van der Waals surface area contributed by atoms with Crippen LogP contribution in [-0.4, -0.2) is 28.2 Å². The Balaban J connectivity index is 1.44. The zero-order valence-electron chi connectivity index (χ0n) is 22.8. The van der Waals surface area contributed by atoms with E-state index >= 15 is 0 Å². The average Bonchev–Trinajstić information content (AvgIpc) is 3.26. The second-order valence-corrected chi connectivity index (χ2v) is 10.6. The number of fused-ring (bicyclic) bond motifs is 1. The van der Waals surface area contributed by atoms with E-state index < -0.39 is 18.0 Å². The SMILES string of the molecule is CCOC(=O)C1=C(C)N=c2s/c(=C/c3ccc(OCc4ccc(C(=O)O)cc4)cc3)c(=O)n2[C@@H]1c1ccc(C)cc1. The first-order chi connectivity index (χ1) is 19.7. The van der Waals surface area contributed by atoms with Crippen molar-refractivity contribution < 1.29 is 24.2 Å². The van der Waals surface area contributed by atoms with Crippen LogP contribution < -0.4 is 19.6 Å². The van der Waals surface area contributed by atoms with Crippen LogP contribution in [0, 0.1) is 6.92 Å². The van der Waals surface area contributed by atoms with E-state index in [0.29, 0.717) is 33.0 Å². The summed E-state index contributed by atoms with van der Waals surface area (Å²) < 4.78 is 13.3. The summed E-state index contributed by atoms with van der Waals surface area (Å²) >= 11 is 1.27. The predicted molar refractivity (Wildman–Crippen MR) is 156 cm³/mol. The molecule has 9 heteroatoms. The first-order valence-corrected chi connectivity index (χ1v) is 13.9. The molecule has 1 atom stereocenters. The molecule has 8 nitrogen and oxygen atoms in total. The van der Waals surface area contributed by atoms with Crippen LogP contribution in [0.2, 0.25) is 0 Å². The third kappa shape index (κ3) is 5.90. The molecule has 4 aromatic rings. The van der Waals surface area contributed by atoms with Gasteiger partial charge in [-0.2, -0.15) is 0 Å². The molecular formula is C32H28N2O6S. The van der Waals surface area contributed by atoms with Gasteiger partial charge < -0.3 is 14.6 Å². The lowest BCUT2D eigenvalue weighted by Gasteiger charge is -2.24. The largest absolute Gasteiger partial charge is 0.489 e. The summed E-state index contributed by atoms with van der Waals surface area (Å²) in [6, 6.07) is 21.0. The van der Waals surface area contributed by atoms with Gasteiger partial charge >= 0.3 is 11.9 Å².